The van der Waals surface area contributed by atoms with Crippen molar-refractivity contribution in [2.75, 3.05) is 4.90 Å². The van der Waals surface area contributed by atoms with Gasteiger partial charge in [0.25, 0.3) is 0 Å². The fourth-order valence-corrected chi connectivity index (χ4v) is 10.4. The molecule has 0 N–H and O–H groups in total. The third-order valence-corrected chi connectivity index (χ3v) is 13.5. The summed E-state index contributed by atoms with van der Waals surface area (Å²) < 4.78 is 0. The Morgan fingerprint density at radius 1 is 0.227 bits per heavy atom. The lowest BCUT2D eigenvalue weighted by Gasteiger charge is -2.34. The van der Waals surface area contributed by atoms with Crippen molar-refractivity contribution < 1.29 is 0 Å². The van der Waals surface area contributed by atoms with Gasteiger partial charge < -0.3 is 4.90 Å². The predicted octanol–water partition coefficient (Wildman–Crippen LogP) is 17.3. The number of benzene rings is 11. The number of hydrogen-bond donors (Lipinski definition) is 0. The minimum Gasteiger partial charge on any atom is -0.310 e. The van der Waals surface area contributed by atoms with Crippen LogP contribution in [0.4, 0.5) is 17.1 Å². The third kappa shape index (κ3) is 6.81. The first-order chi connectivity index (χ1) is 32.7. The molecule has 11 aromatic rings. The average Bonchev–Trinajstić information content (AvgIpc) is 3.70. The van der Waals surface area contributed by atoms with Crippen molar-refractivity contribution in [1.82, 2.24) is 0 Å². The maximum atomic E-state index is 2.44. The fraction of sp³-hybridized carbons (Fsp3) is 0.0154. The van der Waals surface area contributed by atoms with Crippen molar-refractivity contribution in [3.8, 4) is 55.6 Å². The van der Waals surface area contributed by atoms with Gasteiger partial charge in [0.05, 0.1) is 5.41 Å². The summed E-state index contributed by atoms with van der Waals surface area (Å²) in [5, 5.41) is 2.51. The third-order valence-electron chi connectivity index (χ3n) is 13.5. The molecule has 0 atom stereocenters. The second-order valence-corrected chi connectivity index (χ2v) is 17.3. The van der Waals surface area contributed by atoms with Crippen LogP contribution in [0.15, 0.2) is 273 Å². The van der Waals surface area contributed by atoms with Crippen LogP contribution in [-0.2, 0) is 5.41 Å². The zero-order valence-electron chi connectivity index (χ0n) is 36.4. The van der Waals surface area contributed by atoms with Gasteiger partial charge in [-0.1, -0.05) is 218 Å². The molecule has 0 amide bonds. The molecule has 0 aromatic heterocycles. The normalized spacial score (nSPS) is 12.4. The molecule has 12 rings (SSSR count). The molecule has 0 spiro atoms. The minimum absolute atomic E-state index is 0.450. The molecule has 0 bridgehead atoms. The van der Waals surface area contributed by atoms with E-state index in [0.717, 1.165) is 17.1 Å². The van der Waals surface area contributed by atoms with Crippen LogP contribution in [0, 0.1) is 0 Å². The second-order valence-electron chi connectivity index (χ2n) is 17.3. The largest absolute Gasteiger partial charge is 0.310 e. The van der Waals surface area contributed by atoms with E-state index >= 15 is 0 Å². The van der Waals surface area contributed by atoms with Crippen LogP contribution in [0.2, 0.25) is 0 Å². The van der Waals surface area contributed by atoms with Gasteiger partial charge in [-0.15, -0.1) is 0 Å². The highest BCUT2D eigenvalue weighted by atomic mass is 15.1. The zero-order chi connectivity index (χ0) is 43.9. The van der Waals surface area contributed by atoms with Gasteiger partial charge in [0.2, 0.25) is 0 Å². The first-order valence-corrected chi connectivity index (χ1v) is 22.8. The monoisotopic (exact) mass is 839 g/mol. The van der Waals surface area contributed by atoms with E-state index in [9.17, 15) is 0 Å². The molecule has 0 radical (unpaired) electrons. The van der Waals surface area contributed by atoms with Crippen molar-refractivity contribution in [2.24, 2.45) is 0 Å². The molecule has 0 saturated carbocycles. The van der Waals surface area contributed by atoms with E-state index in [0.29, 0.717) is 0 Å². The maximum absolute atomic E-state index is 2.44. The van der Waals surface area contributed by atoms with Gasteiger partial charge in [0.1, 0.15) is 0 Å². The smallest absolute Gasteiger partial charge is 0.0713 e. The summed E-state index contributed by atoms with van der Waals surface area (Å²) in [6.07, 6.45) is 0. The van der Waals surface area contributed by atoms with Crippen LogP contribution >= 0.6 is 0 Å². The lowest BCUT2D eigenvalue weighted by molar-refractivity contribution is 0.769. The lowest BCUT2D eigenvalue weighted by Crippen LogP contribution is -2.28. The summed E-state index contributed by atoms with van der Waals surface area (Å²) in [6.45, 7) is 0. The molecule has 1 heteroatoms. The molecule has 1 nitrogen and oxygen atoms in total. The molecule has 0 heterocycles. The highest BCUT2D eigenvalue weighted by Gasteiger charge is 2.46. The van der Waals surface area contributed by atoms with Crippen LogP contribution in [0.25, 0.3) is 66.4 Å². The molecule has 310 valence electrons. The van der Waals surface area contributed by atoms with E-state index in [1.807, 2.05) is 0 Å². The second kappa shape index (κ2) is 16.6. The van der Waals surface area contributed by atoms with Gasteiger partial charge in [-0.2, -0.15) is 0 Å². The lowest BCUT2D eigenvalue weighted by atomic mass is 9.67. The van der Waals surface area contributed by atoms with Gasteiger partial charge in [0.15, 0.2) is 0 Å². The SMILES string of the molecule is c1ccc(-c2cccc(N(c3ccc(-c4cccc(-c5ccc6ccccc6c5)c4)cc3)c3ccc(-c4ccc5c(c4)C(c4ccccc4)(c4ccccc4)c4ccccc4-5)cc3)c2)cc1. The van der Waals surface area contributed by atoms with Crippen molar-refractivity contribution in [3.63, 3.8) is 0 Å². The van der Waals surface area contributed by atoms with Crippen LogP contribution in [0.3, 0.4) is 0 Å². The maximum Gasteiger partial charge on any atom is 0.0713 e. The molecule has 66 heavy (non-hydrogen) atoms. The van der Waals surface area contributed by atoms with Crippen molar-refractivity contribution in [1.29, 1.82) is 0 Å². The quantitative estimate of drug-likeness (QED) is 0.140. The summed E-state index contributed by atoms with van der Waals surface area (Å²) in [7, 11) is 0. The highest BCUT2D eigenvalue weighted by Crippen LogP contribution is 2.56. The van der Waals surface area contributed by atoms with Crippen molar-refractivity contribution in [2.45, 2.75) is 5.41 Å². The van der Waals surface area contributed by atoms with E-state index in [-0.39, 0.29) is 0 Å². The van der Waals surface area contributed by atoms with E-state index in [4.69, 9.17) is 0 Å². The van der Waals surface area contributed by atoms with Crippen molar-refractivity contribution >= 4 is 27.8 Å². The minimum atomic E-state index is -0.450. The van der Waals surface area contributed by atoms with E-state index < -0.39 is 5.41 Å². The van der Waals surface area contributed by atoms with Crippen LogP contribution in [-0.4, -0.2) is 0 Å². The van der Waals surface area contributed by atoms with Gasteiger partial charge in [-0.05, 0) is 143 Å². The molecular weight excluding hydrogens is 795 g/mol. The number of hydrogen-bond acceptors (Lipinski definition) is 1. The van der Waals surface area contributed by atoms with E-state index in [1.54, 1.807) is 0 Å². The van der Waals surface area contributed by atoms with E-state index in [1.165, 1.54) is 88.7 Å². The number of nitrogens with zero attached hydrogens (tertiary/aromatic N) is 1. The summed E-state index contributed by atoms with van der Waals surface area (Å²) in [4.78, 5) is 2.38. The average molecular weight is 840 g/mol. The highest BCUT2D eigenvalue weighted by molar-refractivity contribution is 5.90. The fourth-order valence-electron chi connectivity index (χ4n) is 10.4. The van der Waals surface area contributed by atoms with Crippen LogP contribution in [0.5, 0.6) is 0 Å². The summed E-state index contributed by atoms with van der Waals surface area (Å²) in [5.74, 6) is 0. The molecule has 0 unspecified atom stereocenters. The number of fused-ring (bicyclic) bond motifs is 4. The van der Waals surface area contributed by atoms with Crippen molar-refractivity contribution in [3.05, 3.63) is 295 Å². The molecule has 0 saturated heterocycles. The van der Waals surface area contributed by atoms with E-state index in [2.05, 4.69) is 278 Å². The molecule has 1 aliphatic carbocycles. The Hall–Kier alpha value is -8.52. The zero-order valence-corrected chi connectivity index (χ0v) is 36.4. The first kappa shape index (κ1) is 39.1. The summed E-state index contributed by atoms with van der Waals surface area (Å²) in [6, 6.07) is 99.9. The van der Waals surface area contributed by atoms with Gasteiger partial charge in [-0.25, -0.2) is 0 Å². The molecule has 0 aliphatic heterocycles. The summed E-state index contributed by atoms with van der Waals surface area (Å²) >= 11 is 0. The predicted molar refractivity (Wildman–Crippen MR) is 278 cm³/mol. The Balaban J connectivity index is 0.932. The topological polar surface area (TPSA) is 3.24 Å². The number of anilines is 3. The van der Waals surface area contributed by atoms with Gasteiger partial charge >= 0.3 is 0 Å². The van der Waals surface area contributed by atoms with Crippen LogP contribution < -0.4 is 4.90 Å². The van der Waals surface area contributed by atoms with Gasteiger partial charge in [0, 0.05) is 17.1 Å². The molecule has 0 fully saturated rings. The molecule has 11 aromatic carbocycles. The molecular formula is C65H45N. The standard InChI is InChI=1S/C65H45N/c1-4-16-46(17-5-1)53-22-15-27-60(44-53)66(58-37-32-48(33-38-58)51-20-14-21-52(42-51)54-31-30-47-18-10-11-19-50(47)43-54)59-39-34-49(35-40-59)55-36-41-62-61-28-12-13-29-63(61)65(64(62)45-55,56-23-6-2-7-24-56)57-25-8-3-9-26-57/h1-45H. The Bertz CT molecular complexity index is 3460. The van der Waals surface area contributed by atoms with Crippen LogP contribution in [0.1, 0.15) is 22.3 Å². The Labute approximate surface area is 387 Å². The van der Waals surface area contributed by atoms with Gasteiger partial charge in [-0.3, -0.25) is 0 Å². The summed E-state index contributed by atoms with van der Waals surface area (Å²) in [5.41, 5.74) is 20.1. The number of rotatable bonds is 9. The first-order valence-electron chi connectivity index (χ1n) is 22.8. The Kier molecular flexibility index (Phi) is 9.81. The molecule has 1 aliphatic rings. The Morgan fingerprint density at radius 3 is 1.33 bits per heavy atom. The Morgan fingerprint density at radius 2 is 0.667 bits per heavy atom.